The van der Waals surface area contributed by atoms with Gasteiger partial charge in [-0.05, 0) is 42.9 Å². The van der Waals surface area contributed by atoms with Gasteiger partial charge in [0.1, 0.15) is 0 Å². The van der Waals surface area contributed by atoms with Crippen molar-refractivity contribution in [2.24, 2.45) is 0 Å². The number of piperazine rings is 1. The maximum absolute atomic E-state index is 12.6. The zero-order valence-corrected chi connectivity index (χ0v) is 15.3. The van der Waals surface area contributed by atoms with Gasteiger partial charge in [0.25, 0.3) is 0 Å². The van der Waals surface area contributed by atoms with Gasteiger partial charge in [-0.1, -0.05) is 6.92 Å². The van der Waals surface area contributed by atoms with Crippen LogP contribution in [-0.4, -0.2) is 55.5 Å². The Morgan fingerprint density at radius 2 is 1.72 bits per heavy atom. The van der Waals surface area contributed by atoms with Crippen LogP contribution in [0.1, 0.15) is 18.9 Å². The summed E-state index contributed by atoms with van der Waals surface area (Å²) in [7, 11) is -3.81. The molecule has 1 aliphatic rings. The lowest BCUT2D eigenvalue weighted by Crippen LogP contribution is -2.53. The molecule has 0 amide bonds. The van der Waals surface area contributed by atoms with E-state index >= 15 is 0 Å². The van der Waals surface area contributed by atoms with Crippen molar-refractivity contribution < 1.29 is 21.6 Å². The van der Waals surface area contributed by atoms with Gasteiger partial charge in [0.15, 0.2) is 5.11 Å². The molecule has 1 fully saturated rings. The van der Waals surface area contributed by atoms with Crippen LogP contribution < -0.4 is 5.32 Å². The largest absolute Gasteiger partial charge is 0.416 e. The van der Waals surface area contributed by atoms with Crippen LogP contribution in [0.3, 0.4) is 0 Å². The summed E-state index contributed by atoms with van der Waals surface area (Å²) in [5.41, 5.74) is -0.872. The average molecular weight is 395 g/mol. The molecule has 0 unspecified atom stereocenters. The van der Waals surface area contributed by atoms with Crippen LogP contribution in [0.4, 0.5) is 13.2 Å². The van der Waals surface area contributed by atoms with Crippen LogP contribution in [0, 0.1) is 0 Å². The van der Waals surface area contributed by atoms with Gasteiger partial charge in [-0.15, -0.1) is 0 Å². The molecule has 0 atom stereocenters. The Labute approximate surface area is 150 Å². The minimum Gasteiger partial charge on any atom is -0.363 e. The molecule has 1 saturated heterocycles. The van der Waals surface area contributed by atoms with E-state index in [0.717, 1.165) is 37.2 Å². The zero-order valence-electron chi connectivity index (χ0n) is 13.7. The van der Waals surface area contributed by atoms with Crippen LogP contribution >= 0.6 is 12.2 Å². The van der Waals surface area contributed by atoms with E-state index in [2.05, 4.69) is 5.32 Å². The first-order chi connectivity index (χ1) is 11.7. The van der Waals surface area contributed by atoms with E-state index in [1.165, 1.54) is 4.31 Å². The Kier molecular flexibility index (Phi) is 6.28. The van der Waals surface area contributed by atoms with Gasteiger partial charge in [-0.2, -0.15) is 17.5 Å². The first-order valence-electron chi connectivity index (χ1n) is 7.86. The molecule has 2 rings (SSSR count). The number of benzene rings is 1. The Morgan fingerprint density at radius 1 is 1.16 bits per heavy atom. The van der Waals surface area contributed by atoms with E-state index in [4.69, 9.17) is 12.2 Å². The van der Waals surface area contributed by atoms with Gasteiger partial charge in [0.2, 0.25) is 10.0 Å². The summed E-state index contributed by atoms with van der Waals surface area (Å²) < 4.78 is 64.2. The fourth-order valence-electron chi connectivity index (χ4n) is 2.44. The van der Waals surface area contributed by atoms with Gasteiger partial charge in [-0.25, -0.2) is 8.42 Å². The molecule has 0 radical (unpaired) electrons. The fourth-order valence-corrected chi connectivity index (χ4v) is 4.15. The number of sulfonamides is 1. The van der Waals surface area contributed by atoms with E-state index < -0.39 is 21.8 Å². The minimum absolute atomic E-state index is 0.138. The highest BCUT2D eigenvalue weighted by atomic mass is 32.2. The highest BCUT2D eigenvalue weighted by molar-refractivity contribution is 7.89. The normalized spacial score (nSPS) is 16.7. The third-order valence-electron chi connectivity index (χ3n) is 3.87. The van der Waals surface area contributed by atoms with Crippen molar-refractivity contribution in [2.45, 2.75) is 24.4 Å². The third kappa shape index (κ3) is 4.83. The molecule has 0 aliphatic carbocycles. The number of thiocarbonyl (C=S) groups is 1. The summed E-state index contributed by atoms with van der Waals surface area (Å²) in [6.07, 6.45) is -3.56. The number of alkyl halides is 3. The number of halogens is 3. The second kappa shape index (κ2) is 7.88. The molecule has 0 spiro atoms. The van der Waals surface area contributed by atoms with Crippen LogP contribution in [0.5, 0.6) is 0 Å². The highest BCUT2D eigenvalue weighted by Gasteiger charge is 2.32. The molecule has 1 N–H and O–H groups in total. The summed E-state index contributed by atoms with van der Waals surface area (Å²) in [5, 5.41) is 3.68. The van der Waals surface area contributed by atoms with Crippen molar-refractivity contribution >= 4 is 27.4 Å². The van der Waals surface area contributed by atoms with Gasteiger partial charge in [0.05, 0.1) is 10.5 Å². The molecular weight excluding hydrogens is 375 g/mol. The monoisotopic (exact) mass is 395 g/mol. The lowest BCUT2D eigenvalue weighted by Gasteiger charge is -2.35. The molecule has 1 aromatic rings. The summed E-state index contributed by atoms with van der Waals surface area (Å²) in [4.78, 5) is 1.75. The Morgan fingerprint density at radius 3 is 2.20 bits per heavy atom. The van der Waals surface area contributed by atoms with Crippen molar-refractivity contribution in [3.8, 4) is 0 Å². The Bertz CT molecular complexity index is 698. The Balaban J connectivity index is 2.03. The topological polar surface area (TPSA) is 52.6 Å². The third-order valence-corrected chi connectivity index (χ3v) is 6.19. The number of hydrogen-bond donors (Lipinski definition) is 1. The summed E-state index contributed by atoms with van der Waals surface area (Å²) in [5.74, 6) is 0. The van der Waals surface area contributed by atoms with Gasteiger partial charge in [0, 0.05) is 32.7 Å². The standard InChI is InChI=1S/C15H20F3N3O2S2/c1-2-7-19-14(24)20-8-10-21(11-9-20)25(22,23)13-5-3-12(4-6-13)15(16,17)18/h3-6H,2,7-11H2,1H3,(H,19,24). The number of hydrogen-bond acceptors (Lipinski definition) is 3. The quantitative estimate of drug-likeness (QED) is 0.793. The molecule has 5 nitrogen and oxygen atoms in total. The Hall–Kier alpha value is -1.39. The molecule has 140 valence electrons. The van der Waals surface area contributed by atoms with Crippen LogP contribution in [0.15, 0.2) is 29.2 Å². The van der Waals surface area contributed by atoms with Crippen molar-refractivity contribution in [1.82, 2.24) is 14.5 Å². The van der Waals surface area contributed by atoms with Crippen LogP contribution in [0.2, 0.25) is 0 Å². The zero-order chi connectivity index (χ0) is 18.7. The van der Waals surface area contributed by atoms with E-state index in [1.807, 2.05) is 11.8 Å². The predicted octanol–water partition coefficient (Wildman–Crippen LogP) is 2.30. The summed E-state index contributed by atoms with van der Waals surface area (Å²) in [6, 6.07) is 3.57. The lowest BCUT2D eigenvalue weighted by atomic mass is 10.2. The van der Waals surface area contributed by atoms with E-state index in [9.17, 15) is 21.6 Å². The maximum atomic E-state index is 12.6. The summed E-state index contributed by atoms with van der Waals surface area (Å²) in [6.45, 7) is 4.12. The van der Waals surface area contributed by atoms with Crippen molar-refractivity contribution in [1.29, 1.82) is 0 Å². The van der Waals surface area contributed by atoms with Crippen LogP contribution in [0.25, 0.3) is 0 Å². The minimum atomic E-state index is -4.49. The SMILES string of the molecule is CCCNC(=S)N1CCN(S(=O)(=O)c2ccc(C(F)(F)F)cc2)CC1. The number of nitrogens with one attached hydrogen (secondary N) is 1. The van der Waals surface area contributed by atoms with Gasteiger partial charge in [-0.3, -0.25) is 0 Å². The molecule has 10 heteroatoms. The van der Waals surface area contributed by atoms with E-state index in [-0.39, 0.29) is 18.0 Å². The summed E-state index contributed by atoms with van der Waals surface area (Å²) >= 11 is 5.25. The number of rotatable bonds is 4. The molecule has 1 heterocycles. The molecule has 0 saturated carbocycles. The second-order valence-electron chi connectivity index (χ2n) is 5.65. The maximum Gasteiger partial charge on any atom is 0.416 e. The molecule has 0 bridgehead atoms. The first-order valence-corrected chi connectivity index (χ1v) is 9.71. The van der Waals surface area contributed by atoms with Crippen LogP contribution in [-0.2, 0) is 16.2 Å². The smallest absolute Gasteiger partial charge is 0.363 e. The highest BCUT2D eigenvalue weighted by Crippen LogP contribution is 2.30. The van der Waals surface area contributed by atoms with E-state index in [0.29, 0.717) is 18.2 Å². The number of nitrogens with zero attached hydrogens (tertiary/aromatic N) is 2. The molecule has 0 aromatic heterocycles. The molecule has 25 heavy (non-hydrogen) atoms. The van der Waals surface area contributed by atoms with Gasteiger partial charge < -0.3 is 10.2 Å². The second-order valence-corrected chi connectivity index (χ2v) is 7.97. The van der Waals surface area contributed by atoms with E-state index in [1.54, 1.807) is 0 Å². The average Bonchev–Trinajstić information content (AvgIpc) is 2.59. The lowest BCUT2D eigenvalue weighted by molar-refractivity contribution is -0.137. The van der Waals surface area contributed by atoms with Crippen molar-refractivity contribution in [3.05, 3.63) is 29.8 Å². The van der Waals surface area contributed by atoms with Crippen molar-refractivity contribution in [3.63, 3.8) is 0 Å². The molecule has 1 aromatic carbocycles. The first kappa shape index (κ1) is 19.9. The molecular formula is C15H20F3N3O2S2. The van der Waals surface area contributed by atoms with Gasteiger partial charge >= 0.3 is 6.18 Å². The fraction of sp³-hybridized carbons (Fsp3) is 0.533. The predicted molar refractivity (Wildman–Crippen MR) is 92.7 cm³/mol. The molecule has 1 aliphatic heterocycles. The van der Waals surface area contributed by atoms with Crippen molar-refractivity contribution in [2.75, 3.05) is 32.7 Å².